The maximum absolute atomic E-state index is 11.7. The van der Waals surface area contributed by atoms with Crippen LogP contribution in [0.2, 0.25) is 5.02 Å². The van der Waals surface area contributed by atoms with E-state index in [4.69, 9.17) is 17.3 Å². The fourth-order valence-corrected chi connectivity index (χ4v) is 1.37. The molecule has 0 heterocycles. The van der Waals surface area contributed by atoms with Gasteiger partial charge in [-0.1, -0.05) is 25.4 Å². The first-order valence-electron chi connectivity index (χ1n) is 5.18. The minimum absolute atomic E-state index is 0.0298. The molecule has 3 nitrogen and oxygen atoms in total. The van der Waals surface area contributed by atoms with Gasteiger partial charge in [0.1, 0.15) is 0 Å². The van der Waals surface area contributed by atoms with E-state index in [1.54, 1.807) is 24.3 Å². The Labute approximate surface area is 101 Å². The number of halogens is 1. The van der Waals surface area contributed by atoms with E-state index in [0.717, 1.165) is 5.69 Å². The average Bonchev–Trinajstić information content (AvgIpc) is 2.21. The summed E-state index contributed by atoms with van der Waals surface area (Å²) < 4.78 is 0. The molecule has 0 aliphatic rings. The van der Waals surface area contributed by atoms with Crippen LogP contribution in [0.5, 0.6) is 0 Å². The number of hydrogen-bond acceptors (Lipinski definition) is 2. The van der Waals surface area contributed by atoms with E-state index in [1.807, 2.05) is 13.8 Å². The minimum Gasteiger partial charge on any atom is -0.330 e. The number of anilines is 1. The van der Waals surface area contributed by atoms with E-state index in [-0.39, 0.29) is 11.3 Å². The van der Waals surface area contributed by atoms with Crippen molar-refractivity contribution in [2.75, 3.05) is 11.9 Å². The molecule has 0 atom stereocenters. The lowest BCUT2D eigenvalue weighted by Crippen LogP contribution is -2.29. The largest absolute Gasteiger partial charge is 0.330 e. The highest BCUT2D eigenvalue weighted by molar-refractivity contribution is 6.30. The van der Waals surface area contributed by atoms with Crippen LogP contribution in [0.1, 0.15) is 20.3 Å². The van der Waals surface area contributed by atoms with Crippen molar-refractivity contribution in [2.24, 2.45) is 11.1 Å². The van der Waals surface area contributed by atoms with Gasteiger partial charge in [-0.05, 0) is 36.2 Å². The Morgan fingerprint density at radius 2 is 1.94 bits per heavy atom. The van der Waals surface area contributed by atoms with Crippen molar-refractivity contribution < 1.29 is 4.79 Å². The second kappa shape index (κ2) is 5.32. The first-order chi connectivity index (χ1) is 7.43. The number of carbonyl (C=O) groups excluding carboxylic acids is 1. The molecule has 88 valence electrons. The first kappa shape index (κ1) is 13.0. The lowest BCUT2D eigenvalue weighted by atomic mass is 9.89. The Hall–Kier alpha value is -1.06. The van der Waals surface area contributed by atoms with Gasteiger partial charge in [0.2, 0.25) is 5.91 Å². The number of rotatable bonds is 4. The summed E-state index contributed by atoms with van der Waals surface area (Å²) in [7, 11) is 0. The number of carbonyl (C=O) groups is 1. The standard InChI is InChI=1S/C12H17ClN2O/c1-12(2,8-14)7-11(16)15-10-5-3-9(13)4-6-10/h3-6H,7-8,14H2,1-2H3,(H,15,16). The Morgan fingerprint density at radius 1 is 1.38 bits per heavy atom. The van der Waals surface area contributed by atoms with Crippen LogP contribution in [0.3, 0.4) is 0 Å². The molecule has 0 bridgehead atoms. The molecule has 1 aromatic carbocycles. The zero-order chi connectivity index (χ0) is 12.2. The molecule has 16 heavy (non-hydrogen) atoms. The van der Waals surface area contributed by atoms with Crippen molar-refractivity contribution in [3.05, 3.63) is 29.3 Å². The molecule has 0 fully saturated rings. The second-order valence-electron chi connectivity index (χ2n) is 4.60. The van der Waals surface area contributed by atoms with Crippen LogP contribution in [0.25, 0.3) is 0 Å². The lowest BCUT2D eigenvalue weighted by Gasteiger charge is -2.21. The van der Waals surface area contributed by atoms with E-state index in [2.05, 4.69) is 5.32 Å². The molecule has 4 heteroatoms. The lowest BCUT2D eigenvalue weighted by molar-refractivity contribution is -0.117. The number of benzene rings is 1. The van der Waals surface area contributed by atoms with Gasteiger partial charge in [0.05, 0.1) is 0 Å². The summed E-state index contributed by atoms with van der Waals surface area (Å²) in [4.78, 5) is 11.7. The molecule has 0 saturated carbocycles. The van der Waals surface area contributed by atoms with Crippen LogP contribution < -0.4 is 11.1 Å². The predicted molar refractivity (Wildman–Crippen MR) is 67.5 cm³/mol. The van der Waals surface area contributed by atoms with Crippen molar-refractivity contribution >= 4 is 23.2 Å². The Balaban J connectivity index is 2.55. The molecule has 3 N–H and O–H groups in total. The summed E-state index contributed by atoms with van der Waals surface area (Å²) in [6, 6.07) is 7.03. The zero-order valence-corrected chi connectivity index (χ0v) is 10.3. The Bertz CT molecular complexity index is 360. The maximum atomic E-state index is 11.7. The second-order valence-corrected chi connectivity index (χ2v) is 5.04. The van der Waals surface area contributed by atoms with Gasteiger partial charge in [-0.3, -0.25) is 4.79 Å². The Kier molecular flexibility index (Phi) is 4.33. The van der Waals surface area contributed by atoms with Gasteiger partial charge in [0.25, 0.3) is 0 Å². The highest BCUT2D eigenvalue weighted by atomic mass is 35.5. The summed E-state index contributed by atoms with van der Waals surface area (Å²) >= 11 is 5.75. The van der Waals surface area contributed by atoms with Gasteiger partial charge < -0.3 is 11.1 Å². The van der Waals surface area contributed by atoms with E-state index in [0.29, 0.717) is 18.0 Å². The third-order valence-corrected chi connectivity index (χ3v) is 2.57. The van der Waals surface area contributed by atoms with Gasteiger partial charge in [-0.25, -0.2) is 0 Å². The van der Waals surface area contributed by atoms with E-state index in [9.17, 15) is 4.79 Å². The van der Waals surface area contributed by atoms with E-state index in [1.165, 1.54) is 0 Å². The number of amides is 1. The minimum atomic E-state index is -0.170. The van der Waals surface area contributed by atoms with Gasteiger partial charge in [0, 0.05) is 17.1 Å². The quantitative estimate of drug-likeness (QED) is 0.850. The van der Waals surface area contributed by atoms with Crippen LogP contribution in [-0.2, 0) is 4.79 Å². The summed E-state index contributed by atoms with van der Waals surface area (Å²) in [5.74, 6) is -0.0298. The molecule has 0 spiro atoms. The molecule has 0 unspecified atom stereocenters. The van der Waals surface area contributed by atoms with E-state index < -0.39 is 0 Å². The highest BCUT2D eigenvalue weighted by Gasteiger charge is 2.19. The number of nitrogens with one attached hydrogen (secondary N) is 1. The van der Waals surface area contributed by atoms with Gasteiger partial charge >= 0.3 is 0 Å². The van der Waals surface area contributed by atoms with Crippen molar-refractivity contribution in [1.29, 1.82) is 0 Å². The third kappa shape index (κ3) is 4.21. The summed E-state index contributed by atoms with van der Waals surface area (Å²) in [6.45, 7) is 4.42. The van der Waals surface area contributed by atoms with Gasteiger partial charge in [-0.15, -0.1) is 0 Å². The third-order valence-electron chi connectivity index (χ3n) is 2.32. The van der Waals surface area contributed by atoms with Gasteiger partial charge in [-0.2, -0.15) is 0 Å². The van der Waals surface area contributed by atoms with Crippen LogP contribution >= 0.6 is 11.6 Å². The molecular formula is C12H17ClN2O. The molecular weight excluding hydrogens is 224 g/mol. The van der Waals surface area contributed by atoms with Crippen LogP contribution in [0.4, 0.5) is 5.69 Å². The van der Waals surface area contributed by atoms with Crippen LogP contribution in [0, 0.1) is 5.41 Å². The summed E-state index contributed by atoms with van der Waals surface area (Å²) in [5, 5.41) is 3.46. The molecule has 0 aliphatic carbocycles. The zero-order valence-electron chi connectivity index (χ0n) is 9.59. The van der Waals surface area contributed by atoms with Crippen molar-refractivity contribution in [3.63, 3.8) is 0 Å². The maximum Gasteiger partial charge on any atom is 0.224 e. The number of hydrogen-bond donors (Lipinski definition) is 2. The Morgan fingerprint density at radius 3 is 2.44 bits per heavy atom. The molecule has 0 aliphatic heterocycles. The molecule has 1 aromatic rings. The molecule has 1 rings (SSSR count). The fourth-order valence-electron chi connectivity index (χ4n) is 1.25. The normalized spacial score (nSPS) is 11.2. The van der Waals surface area contributed by atoms with Crippen LogP contribution in [0.15, 0.2) is 24.3 Å². The molecule has 0 saturated heterocycles. The fraction of sp³-hybridized carbons (Fsp3) is 0.417. The van der Waals surface area contributed by atoms with Crippen molar-refractivity contribution in [3.8, 4) is 0 Å². The number of nitrogens with two attached hydrogens (primary N) is 1. The monoisotopic (exact) mass is 240 g/mol. The highest BCUT2D eigenvalue weighted by Crippen LogP contribution is 2.20. The average molecular weight is 241 g/mol. The SMILES string of the molecule is CC(C)(CN)CC(=O)Nc1ccc(Cl)cc1. The van der Waals surface area contributed by atoms with Crippen LogP contribution in [-0.4, -0.2) is 12.5 Å². The molecule has 0 aromatic heterocycles. The summed E-state index contributed by atoms with van der Waals surface area (Å²) in [5.41, 5.74) is 6.15. The molecule has 0 radical (unpaired) electrons. The van der Waals surface area contributed by atoms with Crippen molar-refractivity contribution in [1.82, 2.24) is 0 Å². The first-order valence-corrected chi connectivity index (χ1v) is 5.56. The summed E-state index contributed by atoms with van der Waals surface area (Å²) in [6.07, 6.45) is 0.409. The predicted octanol–water partition coefficient (Wildman–Crippen LogP) is 2.65. The molecule has 1 amide bonds. The van der Waals surface area contributed by atoms with Crippen molar-refractivity contribution in [2.45, 2.75) is 20.3 Å². The van der Waals surface area contributed by atoms with Gasteiger partial charge in [0.15, 0.2) is 0 Å². The smallest absolute Gasteiger partial charge is 0.224 e. The van der Waals surface area contributed by atoms with E-state index >= 15 is 0 Å². The topological polar surface area (TPSA) is 55.1 Å².